The molecule has 0 aliphatic carbocycles. The van der Waals surface area contributed by atoms with E-state index in [4.69, 9.17) is 11.6 Å². The summed E-state index contributed by atoms with van der Waals surface area (Å²) in [5.41, 5.74) is 2.69. The fourth-order valence-corrected chi connectivity index (χ4v) is 3.49. The summed E-state index contributed by atoms with van der Waals surface area (Å²) in [5.74, 6) is 1.68. The fraction of sp³-hybridized carbons (Fsp3) is 0.667. The number of hydrogen-bond acceptors (Lipinski definition) is 2. The minimum absolute atomic E-state index is 0.802. The lowest BCUT2D eigenvalue weighted by Crippen LogP contribution is -2.26. The largest absolute Gasteiger partial charge is 0.371 e. The highest BCUT2D eigenvalue weighted by molar-refractivity contribution is 6.30. The van der Waals surface area contributed by atoms with E-state index in [-0.39, 0.29) is 0 Å². The molecule has 1 aromatic rings. The van der Waals surface area contributed by atoms with Gasteiger partial charge in [-0.2, -0.15) is 0 Å². The maximum absolute atomic E-state index is 6.19. The van der Waals surface area contributed by atoms with Gasteiger partial charge in [0.25, 0.3) is 0 Å². The molecule has 1 aliphatic rings. The lowest BCUT2D eigenvalue weighted by atomic mass is 9.89. The first-order valence-corrected chi connectivity index (χ1v) is 8.73. The van der Waals surface area contributed by atoms with Crippen LogP contribution in [0.2, 0.25) is 5.02 Å². The highest BCUT2D eigenvalue weighted by Gasteiger charge is 2.20. The molecular formula is C18H29ClN2. The zero-order valence-corrected chi connectivity index (χ0v) is 14.4. The van der Waals surface area contributed by atoms with Crippen molar-refractivity contribution in [2.45, 2.75) is 46.6 Å². The van der Waals surface area contributed by atoms with Crippen molar-refractivity contribution in [1.29, 1.82) is 0 Å². The van der Waals surface area contributed by atoms with Crippen LogP contribution in [0.3, 0.4) is 0 Å². The molecule has 118 valence electrons. The van der Waals surface area contributed by atoms with Crippen molar-refractivity contribution in [3.8, 4) is 0 Å². The van der Waals surface area contributed by atoms with Crippen molar-refractivity contribution in [2.75, 3.05) is 24.5 Å². The number of nitrogens with zero attached hydrogens (tertiary/aromatic N) is 1. The molecule has 1 fully saturated rings. The quantitative estimate of drug-likeness (QED) is 0.847. The number of benzene rings is 1. The molecule has 21 heavy (non-hydrogen) atoms. The van der Waals surface area contributed by atoms with Gasteiger partial charge in [0.2, 0.25) is 0 Å². The maximum atomic E-state index is 6.19. The Labute approximate surface area is 134 Å². The third kappa shape index (κ3) is 4.62. The maximum Gasteiger partial charge on any atom is 0.0412 e. The van der Waals surface area contributed by atoms with Gasteiger partial charge in [-0.15, -0.1) is 0 Å². The highest BCUT2D eigenvalue weighted by Crippen LogP contribution is 2.30. The third-order valence-corrected chi connectivity index (χ3v) is 4.90. The molecule has 1 saturated heterocycles. The van der Waals surface area contributed by atoms with Crippen molar-refractivity contribution >= 4 is 17.3 Å². The standard InChI is InChI=1S/C18H29ClN2/c1-4-20-13-16-12-17(19)7-8-18(16)21-10-5-6-15(9-11-21)14(2)3/h7-8,12,14-15,20H,4-6,9-11,13H2,1-3H3. The molecule has 1 aliphatic heterocycles. The highest BCUT2D eigenvalue weighted by atomic mass is 35.5. The predicted octanol–water partition coefficient (Wildman–Crippen LogP) is 4.71. The number of rotatable bonds is 5. The summed E-state index contributed by atoms with van der Waals surface area (Å²) in [6.45, 7) is 11.1. The van der Waals surface area contributed by atoms with Gasteiger partial charge in [0.1, 0.15) is 0 Å². The van der Waals surface area contributed by atoms with Crippen molar-refractivity contribution < 1.29 is 0 Å². The molecule has 0 bridgehead atoms. The summed E-state index contributed by atoms with van der Waals surface area (Å²) in [4.78, 5) is 2.56. The van der Waals surface area contributed by atoms with Crippen LogP contribution in [-0.2, 0) is 6.54 Å². The monoisotopic (exact) mass is 308 g/mol. The zero-order chi connectivity index (χ0) is 15.2. The van der Waals surface area contributed by atoms with E-state index in [1.807, 2.05) is 6.07 Å². The van der Waals surface area contributed by atoms with E-state index < -0.39 is 0 Å². The average molecular weight is 309 g/mol. The molecule has 1 N–H and O–H groups in total. The molecular weight excluding hydrogens is 280 g/mol. The van der Waals surface area contributed by atoms with Gasteiger partial charge in [-0.3, -0.25) is 0 Å². The summed E-state index contributed by atoms with van der Waals surface area (Å²) in [5, 5.41) is 4.26. The van der Waals surface area contributed by atoms with Crippen LogP contribution in [0, 0.1) is 11.8 Å². The second-order valence-corrected chi connectivity index (χ2v) is 6.91. The van der Waals surface area contributed by atoms with Crippen LogP contribution in [-0.4, -0.2) is 19.6 Å². The van der Waals surface area contributed by atoms with Crippen LogP contribution in [0.15, 0.2) is 18.2 Å². The molecule has 0 aromatic heterocycles. The first-order chi connectivity index (χ1) is 10.1. The SMILES string of the molecule is CCNCc1cc(Cl)ccc1N1CCCC(C(C)C)CC1. The first-order valence-electron chi connectivity index (χ1n) is 8.36. The molecule has 1 unspecified atom stereocenters. The number of anilines is 1. The minimum Gasteiger partial charge on any atom is -0.371 e. The van der Waals surface area contributed by atoms with Crippen molar-refractivity contribution in [3.05, 3.63) is 28.8 Å². The summed E-state index contributed by atoms with van der Waals surface area (Å²) in [6.07, 6.45) is 3.97. The van der Waals surface area contributed by atoms with Gasteiger partial charge in [-0.25, -0.2) is 0 Å². The van der Waals surface area contributed by atoms with Gasteiger partial charge in [0.15, 0.2) is 0 Å². The van der Waals surface area contributed by atoms with Crippen LogP contribution in [0.1, 0.15) is 45.6 Å². The summed E-state index contributed by atoms with van der Waals surface area (Å²) >= 11 is 6.19. The number of nitrogens with one attached hydrogen (secondary N) is 1. The van der Waals surface area contributed by atoms with Crippen molar-refractivity contribution in [2.24, 2.45) is 11.8 Å². The van der Waals surface area contributed by atoms with Crippen LogP contribution in [0.5, 0.6) is 0 Å². The molecule has 0 radical (unpaired) electrons. The molecule has 0 saturated carbocycles. The van der Waals surface area contributed by atoms with E-state index in [1.54, 1.807) is 0 Å². The molecule has 1 aromatic carbocycles. The first kappa shape index (κ1) is 16.6. The van der Waals surface area contributed by atoms with E-state index >= 15 is 0 Å². The number of hydrogen-bond donors (Lipinski definition) is 1. The Morgan fingerprint density at radius 2 is 2.10 bits per heavy atom. The van der Waals surface area contributed by atoms with Gasteiger partial charge in [-0.05, 0) is 61.4 Å². The van der Waals surface area contributed by atoms with Gasteiger partial charge >= 0.3 is 0 Å². The average Bonchev–Trinajstić information content (AvgIpc) is 2.71. The molecule has 1 atom stereocenters. The van der Waals surface area contributed by atoms with Crippen molar-refractivity contribution in [3.63, 3.8) is 0 Å². The van der Waals surface area contributed by atoms with Gasteiger partial charge in [0.05, 0.1) is 0 Å². The summed E-state index contributed by atoms with van der Waals surface area (Å²) in [6, 6.07) is 6.34. The van der Waals surface area contributed by atoms with Gasteiger partial charge < -0.3 is 10.2 Å². The Morgan fingerprint density at radius 3 is 2.81 bits per heavy atom. The van der Waals surface area contributed by atoms with Gasteiger partial charge in [0, 0.05) is 30.3 Å². The zero-order valence-electron chi connectivity index (χ0n) is 13.7. The van der Waals surface area contributed by atoms with E-state index in [1.165, 1.54) is 43.6 Å². The van der Waals surface area contributed by atoms with Crippen LogP contribution < -0.4 is 10.2 Å². The lowest BCUT2D eigenvalue weighted by molar-refractivity contribution is 0.351. The molecule has 3 heteroatoms. The van der Waals surface area contributed by atoms with Crippen LogP contribution in [0.4, 0.5) is 5.69 Å². The molecule has 2 nitrogen and oxygen atoms in total. The van der Waals surface area contributed by atoms with Gasteiger partial charge in [-0.1, -0.05) is 32.4 Å². The smallest absolute Gasteiger partial charge is 0.0412 e. The fourth-order valence-electron chi connectivity index (χ4n) is 3.29. The Morgan fingerprint density at radius 1 is 1.29 bits per heavy atom. The Hall–Kier alpha value is -0.730. The van der Waals surface area contributed by atoms with Crippen LogP contribution in [0.25, 0.3) is 0 Å². The predicted molar refractivity (Wildman–Crippen MR) is 93.2 cm³/mol. The summed E-state index contributed by atoms with van der Waals surface area (Å²) in [7, 11) is 0. The third-order valence-electron chi connectivity index (χ3n) is 4.66. The minimum atomic E-state index is 0.802. The van der Waals surface area contributed by atoms with E-state index in [0.717, 1.165) is 29.9 Å². The van der Waals surface area contributed by atoms with E-state index in [9.17, 15) is 0 Å². The van der Waals surface area contributed by atoms with Crippen molar-refractivity contribution in [1.82, 2.24) is 5.32 Å². The summed E-state index contributed by atoms with van der Waals surface area (Å²) < 4.78 is 0. The second-order valence-electron chi connectivity index (χ2n) is 6.48. The Bertz CT molecular complexity index is 445. The lowest BCUT2D eigenvalue weighted by Gasteiger charge is -2.26. The normalized spacial score (nSPS) is 19.9. The molecule has 1 heterocycles. The van der Waals surface area contributed by atoms with Crippen LogP contribution >= 0.6 is 11.6 Å². The number of halogens is 1. The molecule has 2 rings (SSSR count). The van der Waals surface area contributed by atoms with E-state index in [2.05, 4.69) is 43.1 Å². The Kier molecular flexibility index (Phi) is 6.38. The molecule has 0 spiro atoms. The Balaban J connectivity index is 2.13. The van der Waals surface area contributed by atoms with E-state index in [0.29, 0.717) is 0 Å². The molecule has 0 amide bonds. The topological polar surface area (TPSA) is 15.3 Å². The second kappa shape index (κ2) is 8.05.